The summed E-state index contributed by atoms with van der Waals surface area (Å²) < 4.78 is 0. The average Bonchev–Trinajstić information content (AvgIpc) is 3.36. The van der Waals surface area contributed by atoms with Gasteiger partial charge < -0.3 is 10.6 Å². The van der Waals surface area contributed by atoms with E-state index >= 15 is 0 Å². The van der Waals surface area contributed by atoms with E-state index in [0.29, 0.717) is 5.92 Å². The summed E-state index contributed by atoms with van der Waals surface area (Å²) in [6.45, 7) is 9.91. The lowest BCUT2D eigenvalue weighted by Crippen LogP contribution is -2.46. The summed E-state index contributed by atoms with van der Waals surface area (Å²) in [6, 6.07) is 8.73. The Hall–Kier alpha value is -1.37. The Morgan fingerprint density at radius 2 is 2.04 bits per heavy atom. The van der Waals surface area contributed by atoms with Crippen LogP contribution in [0.4, 0.5) is 0 Å². The van der Waals surface area contributed by atoms with Gasteiger partial charge in [-0.2, -0.15) is 0 Å². The standard InChI is InChI=1S/C21H32N4S2/c1-21(2,19-9-6-12-27-19)16-24-20(22-3)23-13-17-7-4-10-25(14-17)15-18-8-5-11-26-18/h5-6,8-9,11-12,17H,4,7,10,13-16H2,1-3H3,(H2,22,23,24). The summed E-state index contributed by atoms with van der Waals surface area (Å²) >= 11 is 3.68. The van der Waals surface area contributed by atoms with Gasteiger partial charge >= 0.3 is 0 Å². The molecule has 0 aliphatic carbocycles. The van der Waals surface area contributed by atoms with Crippen molar-refractivity contribution in [1.29, 1.82) is 0 Å². The molecule has 3 heterocycles. The van der Waals surface area contributed by atoms with Gasteiger partial charge in [-0.3, -0.25) is 9.89 Å². The quantitative estimate of drug-likeness (QED) is 0.538. The van der Waals surface area contributed by atoms with Crippen LogP contribution >= 0.6 is 22.7 Å². The van der Waals surface area contributed by atoms with Crippen LogP contribution in [0.5, 0.6) is 0 Å². The Labute approximate surface area is 171 Å². The van der Waals surface area contributed by atoms with Crippen molar-refractivity contribution < 1.29 is 0 Å². The van der Waals surface area contributed by atoms with Crippen molar-refractivity contribution in [2.45, 2.75) is 38.6 Å². The van der Waals surface area contributed by atoms with E-state index in [1.165, 1.54) is 35.7 Å². The summed E-state index contributed by atoms with van der Waals surface area (Å²) in [4.78, 5) is 9.89. The predicted molar refractivity (Wildman–Crippen MR) is 119 cm³/mol. The molecule has 1 atom stereocenters. The highest BCUT2D eigenvalue weighted by Crippen LogP contribution is 2.26. The highest BCUT2D eigenvalue weighted by Gasteiger charge is 2.23. The van der Waals surface area contributed by atoms with Crippen molar-refractivity contribution in [2.75, 3.05) is 33.2 Å². The maximum atomic E-state index is 4.42. The van der Waals surface area contributed by atoms with Gasteiger partial charge in [0.05, 0.1) is 0 Å². The van der Waals surface area contributed by atoms with Gasteiger partial charge in [-0.25, -0.2) is 0 Å². The molecule has 0 aromatic carbocycles. The van der Waals surface area contributed by atoms with Crippen LogP contribution in [0.1, 0.15) is 36.4 Å². The molecule has 2 aromatic heterocycles. The molecular formula is C21H32N4S2. The second-order valence-corrected chi connectivity index (χ2v) is 9.97. The first-order valence-corrected chi connectivity index (χ1v) is 11.6. The molecule has 3 rings (SSSR count). The fourth-order valence-electron chi connectivity index (χ4n) is 3.60. The molecule has 1 aliphatic rings. The first-order chi connectivity index (χ1) is 13.1. The van der Waals surface area contributed by atoms with Gasteiger partial charge in [0, 0.05) is 48.4 Å². The van der Waals surface area contributed by atoms with E-state index < -0.39 is 0 Å². The van der Waals surface area contributed by atoms with Gasteiger partial charge in [0.25, 0.3) is 0 Å². The zero-order valence-electron chi connectivity index (χ0n) is 16.7. The van der Waals surface area contributed by atoms with Gasteiger partial charge in [0.1, 0.15) is 0 Å². The largest absolute Gasteiger partial charge is 0.356 e. The second kappa shape index (κ2) is 9.71. The summed E-state index contributed by atoms with van der Waals surface area (Å²) in [7, 11) is 1.86. The van der Waals surface area contributed by atoms with Crippen LogP contribution in [0.15, 0.2) is 40.0 Å². The summed E-state index contributed by atoms with van der Waals surface area (Å²) in [6.07, 6.45) is 2.58. The maximum Gasteiger partial charge on any atom is 0.191 e. The first kappa shape index (κ1) is 20.4. The van der Waals surface area contributed by atoms with Crippen molar-refractivity contribution in [1.82, 2.24) is 15.5 Å². The van der Waals surface area contributed by atoms with E-state index in [-0.39, 0.29) is 5.41 Å². The second-order valence-electron chi connectivity index (χ2n) is 7.99. The third-order valence-electron chi connectivity index (χ3n) is 5.23. The molecule has 0 spiro atoms. The number of nitrogens with one attached hydrogen (secondary N) is 2. The third kappa shape index (κ3) is 6.06. The minimum absolute atomic E-state index is 0.105. The fraction of sp³-hybridized carbons (Fsp3) is 0.571. The Kier molecular flexibility index (Phi) is 7.33. The number of rotatable bonds is 7. The minimum atomic E-state index is 0.105. The van der Waals surface area contributed by atoms with Gasteiger partial charge in [0.15, 0.2) is 5.96 Å². The van der Waals surface area contributed by atoms with Crippen LogP contribution in [-0.2, 0) is 12.0 Å². The Balaban J connectivity index is 1.43. The van der Waals surface area contributed by atoms with E-state index in [9.17, 15) is 0 Å². The molecule has 27 heavy (non-hydrogen) atoms. The van der Waals surface area contributed by atoms with E-state index in [2.05, 4.69) is 69.4 Å². The van der Waals surface area contributed by atoms with Crippen molar-refractivity contribution in [2.24, 2.45) is 10.9 Å². The molecule has 2 N–H and O–H groups in total. The van der Waals surface area contributed by atoms with Crippen LogP contribution in [0.2, 0.25) is 0 Å². The Morgan fingerprint density at radius 1 is 1.22 bits per heavy atom. The maximum absolute atomic E-state index is 4.42. The SMILES string of the molecule is CN=C(NCC1CCCN(Cc2cccs2)C1)NCC(C)(C)c1cccs1. The molecule has 148 valence electrons. The van der Waals surface area contributed by atoms with Crippen molar-refractivity contribution in [3.05, 3.63) is 44.8 Å². The van der Waals surface area contributed by atoms with E-state index in [1.807, 2.05) is 29.7 Å². The number of nitrogens with zero attached hydrogens (tertiary/aromatic N) is 2. The van der Waals surface area contributed by atoms with Gasteiger partial charge in [-0.15, -0.1) is 22.7 Å². The normalized spacial score (nSPS) is 19.2. The topological polar surface area (TPSA) is 39.7 Å². The lowest BCUT2D eigenvalue weighted by Gasteiger charge is -2.33. The third-order valence-corrected chi connectivity index (χ3v) is 7.33. The van der Waals surface area contributed by atoms with E-state index in [0.717, 1.165) is 25.6 Å². The highest BCUT2D eigenvalue weighted by atomic mass is 32.1. The minimum Gasteiger partial charge on any atom is -0.356 e. The number of aliphatic imine (C=N–C) groups is 1. The zero-order chi connectivity index (χ0) is 19.1. The molecule has 6 heteroatoms. The monoisotopic (exact) mass is 404 g/mol. The zero-order valence-corrected chi connectivity index (χ0v) is 18.3. The van der Waals surface area contributed by atoms with Crippen LogP contribution in [0, 0.1) is 5.92 Å². The molecule has 1 saturated heterocycles. The van der Waals surface area contributed by atoms with E-state index in [1.54, 1.807) is 0 Å². The summed E-state index contributed by atoms with van der Waals surface area (Å²) in [5, 5.41) is 11.4. The number of thiophene rings is 2. The lowest BCUT2D eigenvalue weighted by atomic mass is 9.91. The molecule has 2 aromatic rings. The van der Waals surface area contributed by atoms with Gasteiger partial charge in [-0.1, -0.05) is 26.0 Å². The molecule has 1 unspecified atom stereocenters. The van der Waals surface area contributed by atoms with Gasteiger partial charge in [0.2, 0.25) is 0 Å². The smallest absolute Gasteiger partial charge is 0.191 e. The van der Waals surface area contributed by atoms with Gasteiger partial charge in [-0.05, 0) is 48.2 Å². The van der Waals surface area contributed by atoms with Crippen molar-refractivity contribution >= 4 is 28.6 Å². The number of hydrogen-bond donors (Lipinski definition) is 2. The van der Waals surface area contributed by atoms with E-state index in [4.69, 9.17) is 0 Å². The fourth-order valence-corrected chi connectivity index (χ4v) is 5.20. The Bertz CT molecular complexity index is 692. The Morgan fingerprint density at radius 3 is 2.74 bits per heavy atom. The highest BCUT2D eigenvalue weighted by molar-refractivity contribution is 7.10. The summed E-state index contributed by atoms with van der Waals surface area (Å²) in [5.74, 6) is 1.59. The molecule has 1 fully saturated rings. The van der Waals surface area contributed by atoms with Crippen LogP contribution < -0.4 is 10.6 Å². The number of guanidine groups is 1. The molecule has 0 amide bonds. The summed E-state index contributed by atoms with van der Waals surface area (Å²) in [5.41, 5.74) is 0.105. The van der Waals surface area contributed by atoms with Crippen molar-refractivity contribution in [3.63, 3.8) is 0 Å². The lowest BCUT2D eigenvalue weighted by molar-refractivity contribution is 0.169. The van der Waals surface area contributed by atoms with Crippen LogP contribution in [-0.4, -0.2) is 44.1 Å². The number of piperidine rings is 1. The molecule has 0 bridgehead atoms. The van der Waals surface area contributed by atoms with Crippen molar-refractivity contribution in [3.8, 4) is 0 Å². The van der Waals surface area contributed by atoms with Crippen LogP contribution in [0.25, 0.3) is 0 Å². The molecule has 0 saturated carbocycles. The number of likely N-dealkylation sites (tertiary alicyclic amines) is 1. The first-order valence-electron chi connectivity index (χ1n) is 9.80. The molecule has 4 nitrogen and oxygen atoms in total. The number of hydrogen-bond acceptors (Lipinski definition) is 4. The molecule has 0 radical (unpaired) electrons. The predicted octanol–water partition coefficient (Wildman–Crippen LogP) is 4.16. The molecular weight excluding hydrogens is 372 g/mol. The average molecular weight is 405 g/mol. The van der Waals surface area contributed by atoms with Crippen LogP contribution in [0.3, 0.4) is 0 Å². The molecule has 1 aliphatic heterocycles.